The van der Waals surface area contributed by atoms with Crippen LogP contribution in [0, 0.1) is 33.6 Å². The predicted octanol–water partition coefficient (Wildman–Crippen LogP) is 17.9. The number of piperidine rings is 1. The van der Waals surface area contributed by atoms with E-state index < -0.39 is 9.84 Å². The number of carbonyl (C=O) groups is 1. The van der Waals surface area contributed by atoms with Crippen LogP contribution in [-0.4, -0.2) is 67.1 Å². The van der Waals surface area contributed by atoms with Gasteiger partial charge in [-0.15, -0.1) is 0 Å². The van der Waals surface area contributed by atoms with Crippen molar-refractivity contribution >= 4 is 65.9 Å². The lowest BCUT2D eigenvalue weighted by molar-refractivity contribution is -0.131. The Balaban J connectivity index is 0.000000136. The van der Waals surface area contributed by atoms with Crippen molar-refractivity contribution in [2.45, 2.75) is 76.9 Å². The number of aromatic nitrogens is 6. The molecular weight excluding hydrogens is 1200 g/mol. The summed E-state index contributed by atoms with van der Waals surface area (Å²) < 4.78 is 25.9. The molecule has 0 bridgehead atoms. The van der Waals surface area contributed by atoms with Crippen LogP contribution in [0.3, 0.4) is 0 Å². The molecule has 14 rings (SSSR count). The van der Waals surface area contributed by atoms with Gasteiger partial charge in [0.2, 0.25) is 5.91 Å². The molecule has 0 N–H and O–H groups in total. The lowest BCUT2D eigenvalue weighted by Crippen LogP contribution is -2.39. The fourth-order valence-electron chi connectivity index (χ4n) is 11.9. The van der Waals surface area contributed by atoms with E-state index in [1.807, 2.05) is 171 Å². The minimum atomic E-state index is -3.46. The van der Waals surface area contributed by atoms with E-state index >= 15 is 0 Å². The smallest absolute Gasteiger partial charge is 0.226 e. The lowest BCUT2D eigenvalue weighted by Gasteiger charge is -2.32. The Morgan fingerprint density at radius 1 is 0.394 bits per heavy atom. The summed E-state index contributed by atoms with van der Waals surface area (Å²) in [7, 11) is -3.46. The van der Waals surface area contributed by atoms with Gasteiger partial charge in [-0.3, -0.25) is 4.79 Å². The maximum atomic E-state index is 12.9. The van der Waals surface area contributed by atoms with Crippen LogP contribution >= 0.6 is 12.2 Å². The molecule has 4 heterocycles. The third-order valence-electron chi connectivity index (χ3n) is 17.1. The van der Waals surface area contributed by atoms with E-state index in [0.29, 0.717) is 28.3 Å². The molecule has 0 saturated carbocycles. The molecule has 466 valence electrons. The van der Waals surface area contributed by atoms with Crippen molar-refractivity contribution in [1.29, 1.82) is 0 Å². The first-order valence-corrected chi connectivity index (χ1v) is 34.0. The molecule has 12 heteroatoms. The molecule has 1 aliphatic heterocycles. The summed E-state index contributed by atoms with van der Waals surface area (Å²) in [5.41, 5.74) is 22.1. The Bertz CT molecular complexity index is 4900. The van der Waals surface area contributed by atoms with Crippen molar-refractivity contribution in [3.63, 3.8) is 0 Å². The number of fused-ring (bicyclic) bond motifs is 3. The molecule has 1 aliphatic rings. The quantitative estimate of drug-likeness (QED) is 0.0914. The Morgan fingerprint density at radius 2 is 0.745 bits per heavy atom. The molecule has 10 aromatic carbocycles. The van der Waals surface area contributed by atoms with Crippen molar-refractivity contribution in [2.24, 2.45) is 5.92 Å². The molecule has 0 aliphatic carbocycles. The summed E-state index contributed by atoms with van der Waals surface area (Å²) in [5, 5.41) is 0. The van der Waals surface area contributed by atoms with E-state index in [-0.39, 0.29) is 11.7 Å². The normalized spacial score (nSPS) is 12.4. The Morgan fingerprint density at radius 3 is 1.21 bits per heavy atom. The number of nitrogens with zero attached hydrogens (tertiary/aromatic N) is 7. The van der Waals surface area contributed by atoms with Gasteiger partial charge in [0.1, 0.15) is 0 Å². The van der Waals surface area contributed by atoms with Crippen molar-refractivity contribution in [1.82, 2.24) is 34.8 Å². The molecule has 0 atom stereocenters. The topological polar surface area (TPSA) is 132 Å². The molecular formula is C82H73N7O3S2. The van der Waals surface area contributed by atoms with Gasteiger partial charge in [0.25, 0.3) is 0 Å². The third-order valence-corrected chi connectivity index (χ3v) is 19.1. The largest absolute Gasteiger partial charge is 0.342 e. The number of carbonyl (C=O) groups excluding carboxylic acids is 1. The van der Waals surface area contributed by atoms with Gasteiger partial charge in [-0.25, -0.2) is 38.3 Å². The number of hydrogen-bond donors (Lipinski definition) is 0. The van der Waals surface area contributed by atoms with Gasteiger partial charge in [0, 0.05) is 53.0 Å². The minimum Gasteiger partial charge on any atom is -0.342 e. The Labute approximate surface area is 556 Å². The van der Waals surface area contributed by atoms with E-state index in [1.54, 1.807) is 12.1 Å². The van der Waals surface area contributed by atoms with Crippen molar-refractivity contribution in [2.75, 3.05) is 13.1 Å². The Kier molecular flexibility index (Phi) is 20.1. The molecule has 0 unspecified atom stereocenters. The van der Waals surface area contributed by atoms with Gasteiger partial charge in [0.15, 0.2) is 9.84 Å². The standard InChI is InChI=1S/C30H24N2S.C28H22N2O2S.C24H27N3O/c1-21-12-14-22(15-13-21)18-26(33)19-23-16-17-27-28(20-23)32-30(25-10-6-3-7-11-25)29(31-27)24-8-4-2-5-9-24;1-20-12-15-24(16-13-20)33(31,32)19-21-14-17-25-26(18-21)30-28(23-10-6-3-7-11-23)27(29-25)22-8-4-2-5-9-22;1-17-18(2)26-23-15-21(8-9-22(23)25-17)16-24(28)27-12-10-20(11-13-27)14-19-6-4-3-5-7-19/h2-17,20H,18-19H2,1H3;2-18H,19H2,1H3;3-9,15,20H,10-14,16H2,1-2H3. The van der Waals surface area contributed by atoms with E-state index in [2.05, 4.69) is 114 Å². The van der Waals surface area contributed by atoms with Gasteiger partial charge < -0.3 is 4.90 Å². The zero-order chi connectivity index (χ0) is 65.0. The molecule has 1 saturated heterocycles. The van der Waals surface area contributed by atoms with Crippen LogP contribution in [0.4, 0.5) is 0 Å². The first-order chi connectivity index (χ1) is 45.7. The number of amides is 1. The Hall–Kier alpha value is -10.3. The fraction of sp³-hybridized carbons (Fsp3) is 0.171. The minimum absolute atomic E-state index is 0.0885. The highest BCUT2D eigenvalue weighted by molar-refractivity contribution is 7.90. The molecule has 13 aromatic rings. The predicted molar refractivity (Wildman–Crippen MR) is 386 cm³/mol. The fourth-order valence-corrected chi connectivity index (χ4v) is 13.5. The molecule has 1 fully saturated rings. The van der Waals surface area contributed by atoms with Gasteiger partial charge in [-0.05, 0) is 129 Å². The van der Waals surface area contributed by atoms with E-state index in [0.717, 1.165) is 145 Å². The highest BCUT2D eigenvalue weighted by Crippen LogP contribution is 2.34. The number of sulfone groups is 1. The molecule has 10 nitrogen and oxygen atoms in total. The summed E-state index contributed by atoms with van der Waals surface area (Å²) in [6.45, 7) is 9.71. The zero-order valence-corrected chi connectivity index (χ0v) is 55.0. The second kappa shape index (κ2) is 29.6. The highest BCUT2D eigenvalue weighted by atomic mass is 32.2. The van der Waals surface area contributed by atoms with Gasteiger partial charge in [-0.2, -0.15) is 0 Å². The van der Waals surface area contributed by atoms with Gasteiger partial charge in [0.05, 0.1) is 84.3 Å². The van der Waals surface area contributed by atoms with Crippen molar-refractivity contribution in [3.05, 3.63) is 305 Å². The number of hydrogen-bond acceptors (Lipinski definition) is 10. The molecule has 1 amide bonds. The SMILES string of the molecule is Cc1ccc(CC(=S)Cc2ccc3nc(-c4ccccc4)c(-c4ccccc4)nc3c2)cc1.Cc1ccc(S(=O)(=O)Cc2ccc3nc(-c4ccccc4)c(-c4ccccc4)nc3c2)cc1.Cc1nc2ccc(CC(=O)N3CCC(Cc4ccccc4)CC3)cc2nc1C. The summed E-state index contributed by atoms with van der Waals surface area (Å²) >= 11 is 5.72. The molecule has 94 heavy (non-hydrogen) atoms. The number of likely N-dealkylation sites (tertiary alicyclic amines) is 1. The van der Waals surface area contributed by atoms with Gasteiger partial charge in [-0.1, -0.05) is 230 Å². The van der Waals surface area contributed by atoms with Crippen LogP contribution in [-0.2, 0) is 46.1 Å². The number of benzene rings is 10. The summed E-state index contributed by atoms with van der Waals surface area (Å²) in [5.74, 6) is 0.803. The van der Waals surface area contributed by atoms with Crippen molar-refractivity contribution in [3.8, 4) is 45.0 Å². The van der Waals surface area contributed by atoms with Crippen LogP contribution < -0.4 is 0 Å². The summed E-state index contributed by atoms with van der Waals surface area (Å²) in [6, 6.07) is 84.4. The summed E-state index contributed by atoms with van der Waals surface area (Å²) in [4.78, 5) is 45.3. The van der Waals surface area contributed by atoms with Crippen LogP contribution in [0.15, 0.2) is 260 Å². The number of rotatable bonds is 15. The van der Waals surface area contributed by atoms with E-state index in [9.17, 15) is 13.2 Å². The third kappa shape index (κ3) is 16.1. The average molecular weight is 1270 g/mol. The van der Waals surface area contributed by atoms with Crippen molar-refractivity contribution < 1.29 is 13.2 Å². The second-order valence-corrected chi connectivity index (χ2v) is 26.9. The number of aryl methyl sites for hydroxylation is 4. The first-order valence-electron chi connectivity index (χ1n) is 32.0. The van der Waals surface area contributed by atoms with Crippen LogP contribution in [0.2, 0.25) is 0 Å². The first kappa shape index (κ1) is 63.9. The molecule has 0 radical (unpaired) electrons. The maximum absolute atomic E-state index is 12.9. The molecule has 3 aromatic heterocycles. The monoisotopic (exact) mass is 1270 g/mol. The second-order valence-electron chi connectivity index (χ2n) is 24.3. The van der Waals surface area contributed by atoms with Gasteiger partial charge >= 0.3 is 0 Å². The maximum Gasteiger partial charge on any atom is 0.226 e. The van der Waals surface area contributed by atoms with E-state index in [4.69, 9.17) is 32.2 Å². The lowest BCUT2D eigenvalue weighted by atomic mass is 9.90. The van der Waals surface area contributed by atoms with Crippen LogP contribution in [0.25, 0.3) is 78.1 Å². The molecule has 0 spiro atoms. The van der Waals surface area contributed by atoms with E-state index in [1.165, 1.54) is 22.3 Å². The number of thiocarbonyl (C=S) groups is 1. The highest BCUT2D eigenvalue weighted by Gasteiger charge is 2.24. The average Bonchev–Trinajstić information content (AvgIpc) is 0.912. The summed E-state index contributed by atoms with van der Waals surface area (Å²) in [6.07, 6.45) is 5.28. The zero-order valence-electron chi connectivity index (χ0n) is 53.4. The van der Waals surface area contributed by atoms with Crippen LogP contribution in [0.1, 0.15) is 63.2 Å². The van der Waals surface area contributed by atoms with Crippen LogP contribution in [0.5, 0.6) is 0 Å².